The minimum Gasteiger partial charge on any atom is -0.331 e. The highest BCUT2D eigenvalue weighted by atomic mass is 35.5. The summed E-state index contributed by atoms with van der Waals surface area (Å²) in [6.45, 7) is 1.17. The van der Waals surface area contributed by atoms with Crippen LogP contribution in [0.3, 0.4) is 0 Å². The highest BCUT2D eigenvalue weighted by molar-refractivity contribution is 6.17. The van der Waals surface area contributed by atoms with Gasteiger partial charge in [-0.3, -0.25) is 0 Å². The summed E-state index contributed by atoms with van der Waals surface area (Å²) in [5.74, 6) is 0.787. The van der Waals surface area contributed by atoms with Crippen LogP contribution in [0.5, 0.6) is 0 Å². The van der Waals surface area contributed by atoms with Crippen LogP contribution in [-0.4, -0.2) is 38.1 Å². The molecule has 0 aliphatic heterocycles. The summed E-state index contributed by atoms with van der Waals surface area (Å²) in [7, 11) is 6.52. The van der Waals surface area contributed by atoms with E-state index in [1.807, 2.05) is 0 Å². The van der Waals surface area contributed by atoms with Gasteiger partial charge in [0, 0.05) is 12.3 Å². The SMILES string of the molecule is C[N+](C)(C)CCCCl. The summed E-state index contributed by atoms with van der Waals surface area (Å²) in [5.41, 5.74) is 0. The molecule has 0 amide bonds. The predicted octanol–water partition coefficient (Wildman–Crippen LogP) is 1.32. The second-order valence-corrected chi connectivity index (χ2v) is 3.43. The summed E-state index contributed by atoms with van der Waals surface area (Å²) in [6, 6.07) is 0. The van der Waals surface area contributed by atoms with Crippen molar-refractivity contribution in [2.75, 3.05) is 33.6 Å². The van der Waals surface area contributed by atoms with Crippen molar-refractivity contribution in [2.45, 2.75) is 6.42 Å². The number of nitrogens with zero attached hydrogens (tertiary/aromatic N) is 1. The van der Waals surface area contributed by atoms with Crippen LogP contribution < -0.4 is 0 Å². The predicted molar refractivity (Wildman–Crippen MR) is 38.2 cm³/mol. The maximum absolute atomic E-state index is 5.50. The maximum atomic E-state index is 5.50. The van der Waals surface area contributed by atoms with Crippen LogP contribution in [0.2, 0.25) is 0 Å². The average Bonchev–Trinajstić information content (AvgIpc) is 1.59. The van der Waals surface area contributed by atoms with Crippen LogP contribution >= 0.6 is 11.6 Å². The minimum atomic E-state index is 0.787. The lowest BCUT2D eigenvalue weighted by molar-refractivity contribution is -0.870. The van der Waals surface area contributed by atoms with Crippen molar-refractivity contribution in [3.05, 3.63) is 0 Å². The largest absolute Gasteiger partial charge is 0.331 e. The first-order chi connectivity index (χ1) is 3.56. The van der Waals surface area contributed by atoms with E-state index >= 15 is 0 Å². The monoisotopic (exact) mass is 136 g/mol. The smallest absolute Gasteiger partial charge is 0.0791 e. The summed E-state index contributed by atoms with van der Waals surface area (Å²) in [5, 5.41) is 0. The first kappa shape index (κ1) is 8.25. The Balaban J connectivity index is 3.11. The number of quaternary nitrogens is 1. The Morgan fingerprint density at radius 1 is 1.25 bits per heavy atom. The van der Waals surface area contributed by atoms with Crippen LogP contribution in [-0.2, 0) is 0 Å². The van der Waals surface area contributed by atoms with Gasteiger partial charge in [-0.25, -0.2) is 0 Å². The Kier molecular flexibility index (Phi) is 3.41. The van der Waals surface area contributed by atoms with Crippen molar-refractivity contribution in [1.82, 2.24) is 0 Å². The third-order valence-electron chi connectivity index (χ3n) is 0.963. The highest BCUT2D eigenvalue weighted by Crippen LogP contribution is 1.93. The third kappa shape index (κ3) is 6.25. The highest BCUT2D eigenvalue weighted by Gasteiger charge is 2.03. The van der Waals surface area contributed by atoms with Crippen LogP contribution in [0, 0.1) is 0 Å². The molecule has 0 aliphatic carbocycles. The molecule has 0 rings (SSSR count). The lowest BCUT2D eigenvalue weighted by Crippen LogP contribution is -2.35. The second-order valence-electron chi connectivity index (χ2n) is 3.06. The van der Waals surface area contributed by atoms with E-state index < -0.39 is 0 Å². The standard InChI is InChI=1S/C6H15ClN/c1-8(2,3)6-4-5-7/h4-6H2,1-3H3/q+1. The van der Waals surface area contributed by atoms with E-state index in [2.05, 4.69) is 21.1 Å². The third-order valence-corrected chi connectivity index (χ3v) is 1.23. The molecule has 2 heteroatoms. The van der Waals surface area contributed by atoms with E-state index in [0.29, 0.717) is 0 Å². The number of halogens is 1. The summed E-state index contributed by atoms with van der Waals surface area (Å²) in [4.78, 5) is 0. The van der Waals surface area contributed by atoms with Gasteiger partial charge in [0.05, 0.1) is 27.7 Å². The maximum Gasteiger partial charge on any atom is 0.0791 e. The average molecular weight is 137 g/mol. The zero-order valence-corrected chi connectivity index (χ0v) is 6.70. The van der Waals surface area contributed by atoms with Gasteiger partial charge in [-0.05, 0) is 0 Å². The summed E-state index contributed by atoms with van der Waals surface area (Å²) < 4.78 is 1.02. The van der Waals surface area contributed by atoms with Gasteiger partial charge in [-0.15, -0.1) is 11.6 Å². The molecule has 0 aromatic rings. The fraction of sp³-hybridized carbons (Fsp3) is 1.00. The Labute approximate surface area is 56.8 Å². The van der Waals surface area contributed by atoms with E-state index in [1.165, 1.54) is 6.54 Å². The molecule has 0 saturated carbocycles. The molecule has 0 unspecified atom stereocenters. The molecule has 0 aromatic carbocycles. The lowest BCUT2D eigenvalue weighted by Gasteiger charge is -2.22. The molecule has 0 heterocycles. The summed E-state index contributed by atoms with van der Waals surface area (Å²) >= 11 is 5.50. The quantitative estimate of drug-likeness (QED) is 0.406. The number of alkyl halides is 1. The molecule has 50 valence electrons. The van der Waals surface area contributed by atoms with Gasteiger partial charge < -0.3 is 4.48 Å². The van der Waals surface area contributed by atoms with E-state index in [0.717, 1.165) is 16.8 Å². The molecule has 0 saturated heterocycles. The number of hydrogen-bond acceptors (Lipinski definition) is 0. The Morgan fingerprint density at radius 3 is 1.88 bits per heavy atom. The van der Waals surface area contributed by atoms with Gasteiger partial charge in [0.1, 0.15) is 0 Å². The van der Waals surface area contributed by atoms with Crippen molar-refractivity contribution >= 4 is 11.6 Å². The second kappa shape index (κ2) is 3.31. The molecule has 1 nitrogen and oxygen atoms in total. The van der Waals surface area contributed by atoms with Gasteiger partial charge >= 0.3 is 0 Å². The molecule has 0 aromatic heterocycles. The molecule has 8 heavy (non-hydrogen) atoms. The zero-order chi connectivity index (χ0) is 6.62. The molecule has 0 N–H and O–H groups in total. The van der Waals surface area contributed by atoms with Gasteiger partial charge in [0.25, 0.3) is 0 Å². The molecule has 0 bridgehead atoms. The van der Waals surface area contributed by atoms with Crippen LogP contribution in [0.1, 0.15) is 6.42 Å². The molecular formula is C6H15ClN+. The molecular weight excluding hydrogens is 122 g/mol. The normalized spacial score (nSPS) is 12.0. The molecule has 0 atom stereocenters. The fourth-order valence-corrected chi connectivity index (χ4v) is 0.654. The minimum absolute atomic E-state index is 0.787. The first-order valence-corrected chi connectivity index (χ1v) is 3.46. The van der Waals surface area contributed by atoms with Gasteiger partial charge in [0.2, 0.25) is 0 Å². The van der Waals surface area contributed by atoms with Gasteiger partial charge in [-0.1, -0.05) is 0 Å². The number of rotatable bonds is 3. The van der Waals surface area contributed by atoms with Gasteiger partial charge in [-0.2, -0.15) is 0 Å². The van der Waals surface area contributed by atoms with Crippen molar-refractivity contribution < 1.29 is 4.48 Å². The topological polar surface area (TPSA) is 0 Å². The Morgan fingerprint density at radius 2 is 1.75 bits per heavy atom. The van der Waals surface area contributed by atoms with Crippen molar-refractivity contribution in [3.63, 3.8) is 0 Å². The fourth-order valence-electron chi connectivity index (χ4n) is 0.534. The van der Waals surface area contributed by atoms with E-state index in [1.54, 1.807) is 0 Å². The van der Waals surface area contributed by atoms with Crippen LogP contribution in [0.4, 0.5) is 0 Å². The van der Waals surface area contributed by atoms with Crippen LogP contribution in [0.15, 0.2) is 0 Å². The zero-order valence-electron chi connectivity index (χ0n) is 5.95. The summed E-state index contributed by atoms with van der Waals surface area (Å²) in [6.07, 6.45) is 1.12. The van der Waals surface area contributed by atoms with Crippen molar-refractivity contribution in [3.8, 4) is 0 Å². The molecule has 0 fully saturated rings. The first-order valence-electron chi connectivity index (χ1n) is 2.93. The molecule has 0 radical (unpaired) electrons. The van der Waals surface area contributed by atoms with E-state index in [-0.39, 0.29) is 0 Å². The van der Waals surface area contributed by atoms with Crippen molar-refractivity contribution in [1.29, 1.82) is 0 Å². The van der Waals surface area contributed by atoms with Crippen LogP contribution in [0.25, 0.3) is 0 Å². The lowest BCUT2D eigenvalue weighted by atomic mass is 10.4. The number of hydrogen-bond donors (Lipinski definition) is 0. The van der Waals surface area contributed by atoms with Gasteiger partial charge in [0.15, 0.2) is 0 Å². The Hall–Kier alpha value is 0.250. The van der Waals surface area contributed by atoms with Crippen molar-refractivity contribution in [2.24, 2.45) is 0 Å². The molecule has 0 aliphatic rings. The van der Waals surface area contributed by atoms with E-state index in [9.17, 15) is 0 Å². The Bertz CT molecular complexity index is 56.0. The van der Waals surface area contributed by atoms with E-state index in [4.69, 9.17) is 11.6 Å². The molecule has 0 spiro atoms.